The van der Waals surface area contributed by atoms with Crippen LogP contribution in [0, 0.1) is 11.6 Å². The Balaban J connectivity index is 1.21. The molecule has 1 aliphatic rings. The van der Waals surface area contributed by atoms with E-state index in [0.717, 1.165) is 29.4 Å². The Morgan fingerprint density at radius 1 is 1.05 bits per heavy atom. The smallest absolute Gasteiger partial charge is 0.237 e. The van der Waals surface area contributed by atoms with Crippen LogP contribution in [0.25, 0.3) is 11.0 Å². The largest absolute Gasteiger partial charge is 0.329 e. The van der Waals surface area contributed by atoms with Gasteiger partial charge in [-0.25, -0.2) is 27.2 Å². The third-order valence-electron chi connectivity index (χ3n) is 7.70. The van der Waals surface area contributed by atoms with Crippen LogP contribution in [0.4, 0.5) is 37.9 Å². The minimum atomic E-state index is -3.18. The Hall–Kier alpha value is -4.91. The lowest BCUT2D eigenvalue weighted by Crippen LogP contribution is -2.30. The van der Waals surface area contributed by atoms with Crippen LogP contribution >= 0.6 is 0 Å². The highest BCUT2D eigenvalue weighted by Gasteiger charge is 2.53. The summed E-state index contributed by atoms with van der Waals surface area (Å²) in [5.41, 5.74) is 2.39. The number of halogens is 2. The number of hydrogen-bond donors (Lipinski definition) is 2. The van der Waals surface area contributed by atoms with Crippen LogP contribution in [0.3, 0.4) is 0 Å². The van der Waals surface area contributed by atoms with E-state index < -0.39 is 32.8 Å². The monoisotopic (exact) mass is 617 g/mol. The number of amides is 1. The average Bonchev–Trinajstić information content (AvgIpc) is 3.73. The summed E-state index contributed by atoms with van der Waals surface area (Å²) in [6, 6.07) is 17.6. The summed E-state index contributed by atoms with van der Waals surface area (Å²) in [5, 5.41) is 5.95. The number of hydrogen-bond acceptors (Lipinski definition) is 8. The van der Waals surface area contributed by atoms with Gasteiger partial charge in [-0.05, 0) is 73.0 Å². The Morgan fingerprint density at radius 2 is 1.84 bits per heavy atom. The number of aromatic nitrogens is 4. The molecule has 6 rings (SSSR count). The van der Waals surface area contributed by atoms with E-state index in [4.69, 9.17) is 0 Å². The molecule has 13 heteroatoms. The normalized spacial score (nSPS) is 13.9. The Labute approximate surface area is 252 Å². The van der Waals surface area contributed by atoms with Gasteiger partial charge in [-0.3, -0.25) is 10.1 Å². The van der Waals surface area contributed by atoms with Crippen molar-refractivity contribution in [3.63, 3.8) is 0 Å². The first kappa shape index (κ1) is 29.2. The first-order valence-corrected chi connectivity index (χ1v) is 15.8. The quantitative estimate of drug-likeness (QED) is 0.227. The molecule has 2 heterocycles. The van der Waals surface area contributed by atoms with Crippen molar-refractivity contribution in [2.75, 3.05) is 28.8 Å². The number of anilines is 5. The van der Waals surface area contributed by atoms with Crippen LogP contribution in [0.2, 0.25) is 0 Å². The molecule has 5 aromatic rings. The number of imidazole rings is 1. The molecule has 1 fully saturated rings. The lowest BCUT2D eigenvalue weighted by atomic mass is 9.94. The highest BCUT2D eigenvalue weighted by Crippen LogP contribution is 2.50. The number of nitrogens with one attached hydrogen (secondary N) is 2. The molecule has 0 aliphatic heterocycles. The third-order valence-corrected chi connectivity index (χ3v) is 8.56. The van der Waals surface area contributed by atoms with Gasteiger partial charge in [0.2, 0.25) is 17.8 Å². The van der Waals surface area contributed by atoms with Gasteiger partial charge in [0, 0.05) is 43.5 Å². The maximum Gasteiger partial charge on any atom is 0.237 e. The van der Waals surface area contributed by atoms with Gasteiger partial charge in [-0.1, -0.05) is 12.1 Å². The van der Waals surface area contributed by atoms with E-state index >= 15 is 0 Å². The van der Waals surface area contributed by atoms with Gasteiger partial charge in [0.15, 0.2) is 9.84 Å². The molecule has 2 N–H and O–H groups in total. The van der Waals surface area contributed by atoms with Crippen molar-refractivity contribution in [3.8, 4) is 0 Å². The number of sulfone groups is 1. The minimum absolute atomic E-state index is 0.0537. The van der Waals surface area contributed by atoms with Crippen molar-refractivity contribution in [3.05, 3.63) is 95.7 Å². The fraction of sp³-hybridized carbons (Fsp3) is 0.226. The predicted molar refractivity (Wildman–Crippen MR) is 165 cm³/mol. The number of rotatable bonds is 9. The Bertz CT molecular complexity index is 2030. The van der Waals surface area contributed by atoms with Crippen molar-refractivity contribution >= 4 is 55.9 Å². The predicted octanol–water partition coefficient (Wildman–Crippen LogP) is 5.37. The van der Waals surface area contributed by atoms with E-state index in [9.17, 15) is 22.0 Å². The summed E-state index contributed by atoms with van der Waals surface area (Å²) in [4.78, 5) is 28.7. The molecule has 0 bridgehead atoms. The molecule has 1 aliphatic carbocycles. The topological polar surface area (TPSA) is 122 Å². The number of nitrogens with zero attached hydrogens (tertiary/aromatic N) is 5. The maximum atomic E-state index is 14.5. The first-order valence-electron chi connectivity index (χ1n) is 13.8. The summed E-state index contributed by atoms with van der Waals surface area (Å²) >= 11 is 0. The van der Waals surface area contributed by atoms with E-state index in [2.05, 4.69) is 25.6 Å². The second kappa shape index (κ2) is 11.0. The van der Waals surface area contributed by atoms with E-state index in [0.29, 0.717) is 47.3 Å². The van der Waals surface area contributed by atoms with E-state index in [-0.39, 0.29) is 11.3 Å². The van der Waals surface area contributed by atoms with Gasteiger partial charge in [0.1, 0.15) is 17.5 Å². The fourth-order valence-corrected chi connectivity index (χ4v) is 6.02. The van der Waals surface area contributed by atoms with Crippen LogP contribution in [0.15, 0.2) is 72.9 Å². The Morgan fingerprint density at radius 3 is 2.59 bits per heavy atom. The summed E-state index contributed by atoms with van der Waals surface area (Å²) < 4.78 is 53.5. The minimum Gasteiger partial charge on any atom is -0.329 e. The van der Waals surface area contributed by atoms with Gasteiger partial charge in [0.05, 0.1) is 22.2 Å². The number of fused-ring (bicyclic) bond motifs is 1. The number of benzene rings is 3. The lowest BCUT2D eigenvalue weighted by Gasteiger charge is -2.19. The molecule has 0 atom stereocenters. The standard InChI is InChI=1S/C31H29F2N7O3S/c1-39(27-11-14-34-29(37-27)35-21-6-4-5-19(15-21)18-44(3,42)43)22-8-10-26-25(17-22)36-30(40(26)2)38-28(41)31(12-13-31)23-16-20(32)7-9-24(23)33/h4-11,14-17H,12-13,18H2,1-3H3,(H,34,35,37)(H,36,38,41). The summed E-state index contributed by atoms with van der Waals surface area (Å²) in [5.74, 6) is -0.490. The zero-order chi connectivity index (χ0) is 31.2. The molecular weight excluding hydrogens is 588 g/mol. The lowest BCUT2D eigenvalue weighted by molar-refractivity contribution is -0.118. The molecule has 1 amide bonds. The van der Waals surface area contributed by atoms with E-state index in [1.54, 1.807) is 48.1 Å². The van der Waals surface area contributed by atoms with Crippen molar-refractivity contribution in [2.45, 2.75) is 24.0 Å². The molecule has 1 saturated carbocycles. The molecule has 10 nitrogen and oxygen atoms in total. The Kier molecular flexibility index (Phi) is 7.28. The van der Waals surface area contributed by atoms with Crippen molar-refractivity contribution < 1.29 is 22.0 Å². The number of carbonyl (C=O) groups is 1. The fourth-order valence-electron chi connectivity index (χ4n) is 5.24. The van der Waals surface area contributed by atoms with Gasteiger partial charge in [-0.2, -0.15) is 4.98 Å². The zero-order valence-corrected chi connectivity index (χ0v) is 25.0. The summed E-state index contributed by atoms with van der Waals surface area (Å²) in [7, 11) is 0.435. The van der Waals surface area contributed by atoms with Gasteiger partial charge in [0.25, 0.3) is 0 Å². The molecule has 0 unspecified atom stereocenters. The molecule has 2 aromatic heterocycles. The molecule has 0 spiro atoms. The van der Waals surface area contributed by atoms with Crippen LogP contribution in [-0.4, -0.2) is 47.1 Å². The summed E-state index contributed by atoms with van der Waals surface area (Å²) in [6.07, 6.45) is 3.64. The van der Waals surface area contributed by atoms with Crippen molar-refractivity contribution in [1.29, 1.82) is 0 Å². The molecular formula is C31H29F2N7O3S. The zero-order valence-electron chi connectivity index (χ0n) is 24.2. The van der Waals surface area contributed by atoms with E-state index in [1.165, 1.54) is 6.26 Å². The molecule has 44 heavy (non-hydrogen) atoms. The molecule has 0 saturated heterocycles. The molecule has 0 radical (unpaired) electrons. The second-order valence-electron chi connectivity index (χ2n) is 11.0. The highest BCUT2D eigenvalue weighted by atomic mass is 32.2. The van der Waals surface area contributed by atoms with Crippen molar-refractivity contribution in [2.24, 2.45) is 7.05 Å². The van der Waals surface area contributed by atoms with Crippen molar-refractivity contribution in [1.82, 2.24) is 19.5 Å². The second-order valence-corrected chi connectivity index (χ2v) is 13.2. The number of carbonyl (C=O) groups excluding carboxylic acids is 1. The van der Waals surface area contributed by atoms with Gasteiger partial charge >= 0.3 is 0 Å². The van der Waals surface area contributed by atoms with Crippen LogP contribution in [0.1, 0.15) is 24.0 Å². The molecule has 3 aromatic carbocycles. The number of aryl methyl sites for hydroxylation is 1. The van der Waals surface area contributed by atoms with Crippen LogP contribution < -0.4 is 15.5 Å². The average molecular weight is 618 g/mol. The van der Waals surface area contributed by atoms with Gasteiger partial charge < -0.3 is 14.8 Å². The molecule has 226 valence electrons. The van der Waals surface area contributed by atoms with Crippen LogP contribution in [0.5, 0.6) is 0 Å². The third kappa shape index (κ3) is 5.82. The summed E-state index contributed by atoms with van der Waals surface area (Å²) in [6.45, 7) is 0. The SMILES string of the molecule is CN(c1ccc2c(c1)nc(NC(=O)C1(c3cc(F)ccc3F)CC1)n2C)c1ccnc(Nc2cccc(CS(C)(=O)=O)c2)n1. The first-order chi connectivity index (χ1) is 20.9. The van der Waals surface area contributed by atoms with Gasteiger partial charge in [-0.15, -0.1) is 0 Å². The maximum absolute atomic E-state index is 14.5. The van der Waals surface area contributed by atoms with Crippen LogP contribution in [-0.2, 0) is 32.8 Å². The van der Waals surface area contributed by atoms with E-state index in [1.807, 2.05) is 30.1 Å². The highest BCUT2D eigenvalue weighted by molar-refractivity contribution is 7.89.